The summed E-state index contributed by atoms with van der Waals surface area (Å²) < 4.78 is 8.49. The molecule has 42 heavy (non-hydrogen) atoms. The van der Waals surface area contributed by atoms with Crippen LogP contribution >= 0.6 is 0 Å². The average molecular weight is 551 g/mol. The lowest BCUT2D eigenvalue weighted by atomic mass is 9.88. The maximum Gasteiger partial charge on any atom is 0.227 e. The Balaban J connectivity index is 1.57. The second kappa shape index (κ2) is 9.95. The smallest absolute Gasteiger partial charge is 0.227 e. The monoisotopic (exact) mass is 550 g/mol. The first kappa shape index (κ1) is 26.1. The molecule has 4 aromatic heterocycles. The van der Waals surface area contributed by atoms with Gasteiger partial charge in [0, 0.05) is 28.2 Å². The molecule has 0 aliphatic rings. The third-order valence-electron chi connectivity index (χ3n) is 8.23. The van der Waals surface area contributed by atoms with Crippen molar-refractivity contribution in [1.82, 2.24) is 19.5 Å². The van der Waals surface area contributed by atoms with Crippen molar-refractivity contribution in [3.05, 3.63) is 108 Å². The number of imidazole rings is 1. The van der Waals surface area contributed by atoms with Gasteiger partial charge in [-0.15, -0.1) is 0 Å². The standard InChI is InChI=1S/C37H34N4O/c1-21(2)29-19-27(25-10-8-7-9-11-25)20-30(22(3)4)35(29)41-34-24(6)38-17-16-32(34)40-36(41)26-13-15-33-31(18-26)28-14-12-23(5)39-37(28)42-33/h7-22H,1-6H3. The summed E-state index contributed by atoms with van der Waals surface area (Å²) in [6.45, 7) is 13.2. The molecule has 5 nitrogen and oxygen atoms in total. The molecular formula is C37H34N4O. The first-order chi connectivity index (χ1) is 20.3. The van der Waals surface area contributed by atoms with Crippen molar-refractivity contribution in [2.75, 3.05) is 0 Å². The Labute approximate surface area is 245 Å². The van der Waals surface area contributed by atoms with Gasteiger partial charge >= 0.3 is 0 Å². The van der Waals surface area contributed by atoms with E-state index in [9.17, 15) is 0 Å². The fourth-order valence-corrected chi connectivity index (χ4v) is 6.10. The van der Waals surface area contributed by atoms with Crippen LogP contribution in [0.4, 0.5) is 0 Å². The summed E-state index contributed by atoms with van der Waals surface area (Å²) in [7, 11) is 0. The van der Waals surface area contributed by atoms with Gasteiger partial charge in [0.2, 0.25) is 5.71 Å². The van der Waals surface area contributed by atoms with E-state index in [-0.39, 0.29) is 11.8 Å². The van der Waals surface area contributed by atoms with Crippen LogP contribution in [0.3, 0.4) is 0 Å². The molecule has 0 fully saturated rings. The van der Waals surface area contributed by atoms with Gasteiger partial charge in [-0.2, -0.15) is 0 Å². The van der Waals surface area contributed by atoms with Crippen LogP contribution in [-0.2, 0) is 0 Å². The highest BCUT2D eigenvalue weighted by Gasteiger charge is 2.25. The Kier molecular flexibility index (Phi) is 6.19. The molecule has 0 saturated heterocycles. The van der Waals surface area contributed by atoms with Crippen molar-refractivity contribution in [1.29, 1.82) is 0 Å². The predicted molar refractivity (Wildman–Crippen MR) is 172 cm³/mol. The largest absolute Gasteiger partial charge is 0.438 e. The second-order valence-electron chi connectivity index (χ2n) is 11.8. The molecule has 0 spiro atoms. The zero-order valence-electron chi connectivity index (χ0n) is 24.9. The Hall–Kier alpha value is -4.77. The number of furan rings is 1. The molecule has 3 aromatic carbocycles. The van der Waals surface area contributed by atoms with E-state index < -0.39 is 0 Å². The summed E-state index contributed by atoms with van der Waals surface area (Å²) in [5, 5.41) is 2.05. The summed E-state index contributed by atoms with van der Waals surface area (Å²) in [5.41, 5.74) is 12.6. The number of rotatable bonds is 5. The number of nitrogens with zero attached hydrogens (tertiary/aromatic N) is 4. The van der Waals surface area contributed by atoms with Crippen LogP contribution in [0.5, 0.6) is 0 Å². The van der Waals surface area contributed by atoms with Crippen LogP contribution < -0.4 is 0 Å². The van der Waals surface area contributed by atoms with Gasteiger partial charge in [-0.25, -0.2) is 9.97 Å². The van der Waals surface area contributed by atoms with Gasteiger partial charge in [0.15, 0.2) is 0 Å². The lowest BCUT2D eigenvalue weighted by molar-refractivity contribution is 0.652. The minimum Gasteiger partial charge on any atom is -0.438 e. The summed E-state index contributed by atoms with van der Waals surface area (Å²) >= 11 is 0. The van der Waals surface area contributed by atoms with E-state index in [4.69, 9.17) is 14.4 Å². The molecule has 0 amide bonds. The number of aryl methyl sites for hydroxylation is 2. The first-order valence-electron chi connectivity index (χ1n) is 14.7. The molecule has 0 aliphatic heterocycles. The molecular weight excluding hydrogens is 516 g/mol. The Morgan fingerprint density at radius 2 is 1.43 bits per heavy atom. The van der Waals surface area contributed by atoms with Gasteiger partial charge in [-0.1, -0.05) is 58.0 Å². The van der Waals surface area contributed by atoms with Crippen molar-refractivity contribution in [2.24, 2.45) is 0 Å². The zero-order valence-corrected chi connectivity index (χ0v) is 24.9. The maximum atomic E-state index is 6.13. The molecule has 208 valence electrons. The lowest BCUT2D eigenvalue weighted by Gasteiger charge is -2.24. The van der Waals surface area contributed by atoms with Crippen LogP contribution in [0.15, 0.2) is 89.5 Å². The second-order valence-corrected chi connectivity index (χ2v) is 11.8. The molecule has 0 atom stereocenters. The van der Waals surface area contributed by atoms with Crippen LogP contribution in [0.25, 0.3) is 61.3 Å². The van der Waals surface area contributed by atoms with Crippen LogP contribution in [0, 0.1) is 13.8 Å². The Morgan fingerprint density at radius 3 is 2.14 bits per heavy atom. The highest BCUT2D eigenvalue weighted by molar-refractivity contribution is 6.05. The minimum absolute atomic E-state index is 0.290. The van der Waals surface area contributed by atoms with Crippen molar-refractivity contribution < 1.29 is 4.42 Å². The third-order valence-corrected chi connectivity index (χ3v) is 8.23. The van der Waals surface area contributed by atoms with Gasteiger partial charge in [-0.05, 0) is 96.5 Å². The molecule has 5 heteroatoms. The quantitative estimate of drug-likeness (QED) is 0.214. The number of fused-ring (bicyclic) bond motifs is 4. The van der Waals surface area contributed by atoms with Crippen LogP contribution in [-0.4, -0.2) is 19.5 Å². The highest BCUT2D eigenvalue weighted by Crippen LogP contribution is 2.41. The SMILES string of the molecule is Cc1ccc2c(n1)oc1ccc(-c3nc4ccnc(C)c4n3-c3c(C(C)C)cc(-c4ccccc4)cc3C(C)C)cc12. The third kappa shape index (κ3) is 4.19. The van der Waals surface area contributed by atoms with E-state index in [2.05, 4.69) is 105 Å². The molecule has 7 rings (SSSR count). The van der Waals surface area contributed by atoms with Crippen LogP contribution in [0.1, 0.15) is 62.0 Å². The number of benzene rings is 3. The van der Waals surface area contributed by atoms with Gasteiger partial charge in [-0.3, -0.25) is 9.55 Å². The number of pyridine rings is 2. The zero-order chi connectivity index (χ0) is 29.1. The fraction of sp³-hybridized carbons (Fsp3) is 0.216. The number of hydrogen-bond donors (Lipinski definition) is 0. The number of hydrogen-bond acceptors (Lipinski definition) is 4. The summed E-state index contributed by atoms with van der Waals surface area (Å²) in [6.07, 6.45) is 1.85. The van der Waals surface area contributed by atoms with E-state index in [1.807, 2.05) is 31.3 Å². The summed E-state index contributed by atoms with van der Waals surface area (Å²) in [4.78, 5) is 14.6. The van der Waals surface area contributed by atoms with Gasteiger partial charge in [0.25, 0.3) is 0 Å². The minimum atomic E-state index is 0.290. The molecule has 4 heterocycles. The Bertz CT molecular complexity index is 2090. The topological polar surface area (TPSA) is 56.7 Å². The normalized spacial score (nSPS) is 12.0. The molecule has 7 aromatic rings. The van der Waals surface area contributed by atoms with E-state index in [1.54, 1.807) is 0 Å². The van der Waals surface area contributed by atoms with E-state index >= 15 is 0 Å². The predicted octanol–water partition coefficient (Wildman–Crippen LogP) is 9.91. The van der Waals surface area contributed by atoms with Crippen molar-refractivity contribution in [3.8, 4) is 28.2 Å². The summed E-state index contributed by atoms with van der Waals surface area (Å²) in [6, 6.07) is 27.9. The first-order valence-corrected chi connectivity index (χ1v) is 14.7. The molecule has 0 N–H and O–H groups in total. The number of aromatic nitrogens is 4. The Morgan fingerprint density at radius 1 is 0.690 bits per heavy atom. The van der Waals surface area contributed by atoms with Crippen molar-refractivity contribution in [2.45, 2.75) is 53.4 Å². The molecule has 0 bridgehead atoms. The molecule has 0 aliphatic carbocycles. The summed E-state index contributed by atoms with van der Waals surface area (Å²) in [5.74, 6) is 1.48. The maximum absolute atomic E-state index is 6.13. The lowest BCUT2D eigenvalue weighted by Crippen LogP contribution is -2.10. The highest BCUT2D eigenvalue weighted by atomic mass is 16.3. The van der Waals surface area contributed by atoms with Crippen LogP contribution in [0.2, 0.25) is 0 Å². The van der Waals surface area contributed by atoms with Gasteiger partial charge in [0.1, 0.15) is 11.4 Å². The van der Waals surface area contributed by atoms with E-state index in [1.165, 1.54) is 27.9 Å². The molecule has 0 unspecified atom stereocenters. The molecule has 0 radical (unpaired) electrons. The fourth-order valence-electron chi connectivity index (χ4n) is 6.10. The molecule has 0 saturated carbocycles. The van der Waals surface area contributed by atoms with E-state index in [0.717, 1.165) is 50.2 Å². The van der Waals surface area contributed by atoms with Gasteiger partial charge < -0.3 is 4.42 Å². The average Bonchev–Trinajstić information content (AvgIpc) is 3.55. The van der Waals surface area contributed by atoms with Crippen molar-refractivity contribution >= 4 is 33.1 Å². The van der Waals surface area contributed by atoms with E-state index in [0.29, 0.717) is 5.71 Å². The van der Waals surface area contributed by atoms with Gasteiger partial charge in [0.05, 0.1) is 22.4 Å². The van der Waals surface area contributed by atoms with Crippen molar-refractivity contribution in [3.63, 3.8) is 0 Å².